The molecule has 4 aromatic rings. The van der Waals surface area contributed by atoms with Crippen LogP contribution >= 0.6 is 0 Å². The predicted octanol–water partition coefficient (Wildman–Crippen LogP) is 5.46. The Morgan fingerprint density at radius 1 is 0.765 bits per heavy atom. The summed E-state index contributed by atoms with van der Waals surface area (Å²) in [6.45, 7) is 15.9. The Bertz CT molecular complexity index is 2530. The molecule has 0 unspecified atom stereocenters. The number of hydrogen-bond acceptors (Lipinski definition) is 17. The maximum absolute atomic E-state index is 14.7. The number of hydrogen-bond donors (Lipinski definition) is 4. The predicted molar refractivity (Wildman–Crippen MR) is 301 cm³/mol. The van der Waals surface area contributed by atoms with Crippen molar-refractivity contribution in [2.24, 2.45) is 23.7 Å². The van der Waals surface area contributed by atoms with E-state index in [1.165, 1.54) is 12.1 Å². The molecule has 22 nitrogen and oxygen atoms in total. The minimum atomic E-state index is -0.882. The molecule has 1 saturated heterocycles. The van der Waals surface area contributed by atoms with Crippen LogP contribution in [0.5, 0.6) is 11.8 Å². The van der Waals surface area contributed by atoms with Gasteiger partial charge in [0, 0.05) is 58.5 Å². The van der Waals surface area contributed by atoms with Crippen LogP contribution in [-0.4, -0.2) is 187 Å². The highest BCUT2D eigenvalue weighted by Crippen LogP contribution is 2.31. The highest BCUT2D eigenvalue weighted by atomic mass is 16.7. The van der Waals surface area contributed by atoms with E-state index in [1.54, 1.807) is 38.0 Å². The first-order valence-electron chi connectivity index (χ1n) is 28.2. The fourth-order valence-electron chi connectivity index (χ4n) is 10.4. The molecule has 448 valence electrons. The molecule has 81 heavy (non-hydrogen) atoms. The van der Waals surface area contributed by atoms with Gasteiger partial charge in [-0.1, -0.05) is 103 Å². The summed E-state index contributed by atoms with van der Waals surface area (Å²) in [6, 6.07) is 18.5. The monoisotopic (exact) mass is 1130 g/mol. The Balaban J connectivity index is 1.14. The van der Waals surface area contributed by atoms with Gasteiger partial charge in [-0.3, -0.25) is 24.1 Å². The number of aromatic nitrogens is 3. The molecule has 2 aromatic heterocycles. The van der Waals surface area contributed by atoms with Crippen molar-refractivity contribution in [1.29, 1.82) is 0 Å². The first-order valence-corrected chi connectivity index (χ1v) is 28.2. The maximum Gasteiger partial charge on any atom is 0.335 e. The van der Waals surface area contributed by atoms with E-state index in [0.717, 1.165) is 11.1 Å². The van der Waals surface area contributed by atoms with Gasteiger partial charge in [0.2, 0.25) is 47.2 Å². The lowest BCUT2D eigenvalue weighted by molar-refractivity contribution is -0.148. The summed E-state index contributed by atoms with van der Waals surface area (Å²) in [5.41, 5.74) is 1.73. The van der Waals surface area contributed by atoms with E-state index < -0.39 is 66.1 Å². The lowest BCUT2D eigenvalue weighted by Gasteiger charge is -2.41. The van der Waals surface area contributed by atoms with E-state index in [0.29, 0.717) is 69.2 Å². The lowest BCUT2D eigenvalue weighted by atomic mass is 9.89. The average molecular weight is 1130 g/mol. The topological polar surface area (TPSA) is 259 Å². The Morgan fingerprint density at radius 2 is 1.38 bits per heavy atom. The highest BCUT2D eigenvalue weighted by molar-refractivity contribution is 5.90. The molecule has 0 aliphatic carbocycles. The van der Waals surface area contributed by atoms with Crippen molar-refractivity contribution < 1.29 is 67.1 Å². The second-order valence-corrected chi connectivity index (χ2v) is 21.4. The molecule has 0 saturated carbocycles. The van der Waals surface area contributed by atoms with Crippen molar-refractivity contribution in [3.05, 3.63) is 84.3 Å². The van der Waals surface area contributed by atoms with Gasteiger partial charge in [0.25, 0.3) is 0 Å². The standard InChI is InChI=1S/C59H88N8O14/c1-12-40(6)53(65(9)59(74)51(38(2)3)61-56(73)52(39(4)5)64(8)29-31-78-33-35-79-34-32-77-30-27-50(71)81-67-47(68)25-26-48(67)69)46(75-10)37-49(70)66-28-19-24-45(66)54(76-11)41(7)55(72)60-44(36-42-20-15-13-16-21-42)58-63-62-57(80-58)43-22-17-14-18-23-43/h13-18,20-23,25-26,38-41,44-46,51-54,68-69H,12,19,24,27-37H2,1-11H3,(H,60,72)(H,61,73)/t40-,41+,44-,45-,46+,51-,52-,53-,54+/m0/s1. The van der Waals surface area contributed by atoms with Crippen LogP contribution in [0.4, 0.5) is 0 Å². The fourth-order valence-corrected chi connectivity index (χ4v) is 10.4. The van der Waals surface area contributed by atoms with Crippen molar-refractivity contribution in [2.45, 2.75) is 129 Å². The summed E-state index contributed by atoms with van der Waals surface area (Å²) >= 11 is 0. The van der Waals surface area contributed by atoms with Crippen molar-refractivity contribution in [1.82, 2.24) is 40.3 Å². The molecule has 3 heterocycles. The van der Waals surface area contributed by atoms with Gasteiger partial charge in [-0.15, -0.1) is 14.9 Å². The van der Waals surface area contributed by atoms with Crippen LogP contribution in [0.2, 0.25) is 0 Å². The van der Waals surface area contributed by atoms with Crippen molar-refractivity contribution >= 4 is 29.6 Å². The molecule has 5 rings (SSSR count). The van der Waals surface area contributed by atoms with Crippen LogP contribution < -0.4 is 15.5 Å². The Hall–Kier alpha value is -6.43. The van der Waals surface area contributed by atoms with Crippen molar-refractivity contribution in [3.8, 4) is 23.2 Å². The van der Waals surface area contributed by atoms with Gasteiger partial charge < -0.3 is 63.6 Å². The van der Waals surface area contributed by atoms with Gasteiger partial charge in [0.1, 0.15) is 12.1 Å². The number of likely N-dealkylation sites (N-methyl/N-ethyl adjacent to an activating group) is 2. The summed E-state index contributed by atoms with van der Waals surface area (Å²) in [5.74, 6) is -3.16. The van der Waals surface area contributed by atoms with E-state index in [2.05, 4.69) is 20.8 Å². The number of nitrogens with one attached hydrogen (secondary N) is 2. The normalized spacial score (nSPS) is 16.6. The summed E-state index contributed by atoms with van der Waals surface area (Å²) < 4.78 is 35.8. The van der Waals surface area contributed by atoms with E-state index in [1.807, 2.05) is 114 Å². The zero-order valence-corrected chi connectivity index (χ0v) is 49.2. The highest BCUT2D eigenvalue weighted by Gasteiger charge is 2.44. The zero-order valence-electron chi connectivity index (χ0n) is 49.2. The molecule has 4 N–H and O–H groups in total. The third-order valence-electron chi connectivity index (χ3n) is 15.0. The molecule has 0 spiro atoms. The number of carbonyl (C=O) groups is 5. The van der Waals surface area contributed by atoms with Crippen LogP contribution in [0.25, 0.3) is 11.5 Å². The number of amides is 4. The maximum atomic E-state index is 14.7. The Morgan fingerprint density at radius 3 is 1.98 bits per heavy atom. The molecular formula is C59H88N8O14. The number of aromatic hydroxyl groups is 2. The Kier molecular flexibility index (Phi) is 26.5. The van der Waals surface area contributed by atoms with Crippen LogP contribution in [0.15, 0.2) is 77.2 Å². The molecule has 4 amide bonds. The average Bonchev–Trinajstić information content (AvgIpc) is 4.25. The summed E-state index contributed by atoms with van der Waals surface area (Å²) in [6.07, 6.45) is 0.915. The number of nitrogens with zero attached hydrogens (tertiary/aromatic N) is 6. The number of likely N-dealkylation sites (tertiary alicyclic amines) is 1. The first-order chi connectivity index (χ1) is 38.8. The molecule has 9 atom stereocenters. The third-order valence-corrected chi connectivity index (χ3v) is 15.0. The van der Waals surface area contributed by atoms with Crippen LogP contribution in [0.1, 0.15) is 98.1 Å². The van der Waals surface area contributed by atoms with E-state index >= 15 is 0 Å². The number of carbonyl (C=O) groups excluding carboxylic acids is 5. The number of methoxy groups -OCH3 is 2. The third kappa shape index (κ3) is 18.8. The zero-order chi connectivity index (χ0) is 59.2. The molecule has 22 heteroatoms. The van der Waals surface area contributed by atoms with Crippen LogP contribution in [0, 0.1) is 23.7 Å². The second-order valence-electron chi connectivity index (χ2n) is 21.4. The van der Waals surface area contributed by atoms with Crippen LogP contribution in [-0.2, 0) is 54.1 Å². The largest absolute Gasteiger partial charge is 0.492 e. The number of ether oxygens (including phenoxy) is 5. The van der Waals surface area contributed by atoms with Crippen LogP contribution in [0.3, 0.4) is 0 Å². The van der Waals surface area contributed by atoms with Gasteiger partial charge in [0.05, 0.1) is 88.7 Å². The molecular weight excluding hydrogens is 1040 g/mol. The first kappa shape index (κ1) is 65.4. The van der Waals surface area contributed by atoms with Gasteiger partial charge in [-0.05, 0) is 55.3 Å². The second kappa shape index (κ2) is 32.9. The lowest BCUT2D eigenvalue weighted by Crippen LogP contribution is -2.60. The SMILES string of the molecule is CC[C@H](C)[C@@H]([C@@H](CC(=O)N1CCC[C@H]1[C@H](OC)[C@@H](C)C(=O)N[C@@H](Cc1ccccc1)c1nnc(-c2ccccc2)o1)OC)N(C)C(=O)[C@@H](NC(=O)[C@H](C(C)C)N(C)CCOCCOCCOCCC(=O)On1c(O)ccc1O)C(C)C. The molecule has 1 fully saturated rings. The summed E-state index contributed by atoms with van der Waals surface area (Å²) in [5, 5.41) is 34.1. The minimum absolute atomic E-state index is 0.0325. The van der Waals surface area contributed by atoms with Gasteiger partial charge in [0.15, 0.2) is 0 Å². The van der Waals surface area contributed by atoms with E-state index in [4.69, 9.17) is 32.9 Å². The van der Waals surface area contributed by atoms with Gasteiger partial charge in [-0.2, -0.15) is 0 Å². The van der Waals surface area contributed by atoms with Gasteiger partial charge in [-0.25, -0.2) is 4.79 Å². The molecule has 1 aliphatic heterocycles. The Labute approximate surface area is 477 Å². The smallest absolute Gasteiger partial charge is 0.335 e. The van der Waals surface area contributed by atoms with Gasteiger partial charge >= 0.3 is 5.97 Å². The fraction of sp³-hybridized carbons (Fsp3) is 0.610. The molecule has 2 aromatic carbocycles. The molecule has 0 radical (unpaired) electrons. The molecule has 1 aliphatic rings. The van der Waals surface area contributed by atoms with Crippen molar-refractivity contribution in [2.75, 3.05) is 81.0 Å². The van der Waals surface area contributed by atoms with E-state index in [9.17, 15) is 34.2 Å². The minimum Gasteiger partial charge on any atom is -0.492 e. The number of benzene rings is 2. The van der Waals surface area contributed by atoms with Crippen molar-refractivity contribution in [3.63, 3.8) is 0 Å². The summed E-state index contributed by atoms with van der Waals surface area (Å²) in [7, 11) is 6.67. The quantitative estimate of drug-likeness (QED) is 0.0417. The number of rotatable bonds is 35. The van der Waals surface area contributed by atoms with E-state index in [-0.39, 0.29) is 79.9 Å². The molecule has 0 bridgehead atoms. The summed E-state index contributed by atoms with van der Waals surface area (Å²) in [4.78, 5) is 80.1.